The van der Waals surface area contributed by atoms with E-state index in [0.717, 1.165) is 10.7 Å². The lowest BCUT2D eigenvalue weighted by molar-refractivity contribution is 0.602. The molecule has 1 heterocycles. The standard InChI is InChI=1S/C17H15BrFN3O2S/c1-25(23,24)13-3-5-16-14(9-13)17(22-10-21-16)20-7-6-11-8-12(18)2-4-15(11)19/h2-5,8-10H,6-7H2,1H3,(H,20,21,22). The van der Waals surface area contributed by atoms with Gasteiger partial charge in [0.1, 0.15) is 18.0 Å². The van der Waals surface area contributed by atoms with Gasteiger partial charge >= 0.3 is 0 Å². The molecule has 1 aromatic heterocycles. The minimum atomic E-state index is -3.32. The highest BCUT2D eigenvalue weighted by Crippen LogP contribution is 2.23. The maximum Gasteiger partial charge on any atom is 0.175 e. The van der Waals surface area contributed by atoms with E-state index < -0.39 is 9.84 Å². The Balaban J connectivity index is 1.85. The summed E-state index contributed by atoms with van der Waals surface area (Å²) in [5.41, 5.74) is 1.22. The smallest absolute Gasteiger partial charge is 0.175 e. The van der Waals surface area contributed by atoms with Crippen molar-refractivity contribution in [2.24, 2.45) is 0 Å². The molecule has 0 spiro atoms. The molecule has 0 saturated heterocycles. The van der Waals surface area contributed by atoms with Crippen LogP contribution in [0, 0.1) is 5.82 Å². The third-order valence-corrected chi connectivity index (χ3v) is 5.33. The number of aromatic nitrogens is 2. The summed E-state index contributed by atoms with van der Waals surface area (Å²) in [6.45, 7) is 0.447. The summed E-state index contributed by atoms with van der Waals surface area (Å²) >= 11 is 3.33. The number of hydrogen-bond acceptors (Lipinski definition) is 5. The minimum absolute atomic E-state index is 0.205. The van der Waals surface area contributed by atoms with Crippen molar-refractivity contribution in [2.75, 3.05) is 18.1 Å². The van der Waals surface area contributed by atoms with Gasteiger partial charge < -0.3 is 5.32 Å². The van der Waals surface area contributed by atoms with Crippen LogP contribution < -0.4 is 5.32 Å². The molecule has 130 valence electrons. The van der Waals surface area contributed by atoms with Crippen molar-refractivity contribution in [1.82, 2.24) is 9.97 Å². The van der Waals surface area contributed by atoms with E-state index in [1.807, 2.05) is 0 Å². The Bertz CT molecular complexity index is 1040. The van der Waals surface area contributed by atoms with Gasteiger partial charge in [0.15, 0.2) is 9.84 Å². The van der Waals surface area contributed by atoms with Gasteiger partial charge in [-0.3, -0.25) is 0 Å². The lowest BCUT2D eigenvalue weighted by atomic mass is 10.1. The SMILES string of the molecule is CS(=O)(=O)c1ccc2ncnc(NCCc3cc(Br)ccc3F)c2c1. The Hall–Kier alpha value is -2.06. The number of benzene rings is 2. The van der Waals surface area contributed by atoms with Crippen LogP contribution in [0.4, 0.5) is 10.2 Å². The molecule has 3 aromatic rings. The number of sulfone groups is 1. The molecule has 0 unspecified atom stereocenters. The van der Waals surface area contributed by atoms with E-state index in [-0.39, 0.29) is 10.7 Å². The molecule has 0 aliphatic heterocycles. The van der Waals surface area contributed by atoms with E-state index in [1.165, 1.54) is 18.5 Å². The highest BCUT2D eigenvalue weighted by molar-refractivity contribution is 9.10. The first-order chi connectivity index (χ1) is 11.8. The van der Waals surface area contributed by atoms with Crippen molar-refractivity contribution in [2.45, 2.75) is 11.3 Å². The summed E-state index contributed by atoms with van der Waals surface area (Å²) in [6.07, 6.45) is 3.02. The molecule has 0 atom stereocenters. The van der Waals surface area contributed by atoms with E-state index in [4.69, 9.17) is 0 Å². The Kier molecular flexibility index (Phi) is 5.01. The highest BCUT2D eigenvalue weighted by Gasteiger charge is 2.11. The van der Waals surface area contributed by atoms with E-state index in [9.17, 15) is 12.8 Å². The van der Waals surface area contributed by atoms with Gasteiger partial charge in [0.25, 0.3) is 0 Å². The molecule has 25 heavy (non-hydrogen) atoms. The van der Waals surface area contributed by atoms with Gasteiger partial charge in [-0.05, 0) is 48.4 Å². The maximum absolute atomic E-state index is 13.8. The molecule has 5 nitrogen and oxygen atoms in total. The van der Waals surface area contributed by atoms with Crippen molar-refractivity contribution in [3.63, 3.8) is 0 Å². The molecular formula is C17H15BrFN3O2S. The van der Waals surface area contributed by atoms with Crippen LogP contribution >= 0.6 is 15.9 Å². The number of halogens is 2. The first kappa shape index (κ1) is 17.8. The Morgan fingerprint density at radius 3 is 2.72 bits per heavy atom. The Morgan fingerprint density at radius 1 is 1.16 bits per heavy atom. The lowest BCUT2D eigenvalue weighted by Gasteiger charge is -2.10. The number of nitrogens with one attached hydrogen (secondary N) is 1. The van der Waals surface area contributed by atoms with Gasteiger partial charge in [0.05, 0.1) is 10.4 Å². The second-order valence-corrected chi connectivity index (χ2v) is 8.52. The lowest BCUT2D eigenvalue weighted by Crippen LogP contribution is -2.08. The van der Waals surface area contributed by atoms with Crippen LogP contribution in [-0.2, 0) is 16.3 Å². The van der Waals surface area contributed by atoms with Crippen molar-refractivity contribution >= 4 is 42.5 Å². The third kappa shape index (κ3) is 4.13. The van der Waals surface area contributed by atoms with Crippen molar-refractivity contribution in [3.8, 4) is 0 Å². The van der Waals surface area contributed by atoms with Crippen LogP contribution in [0.25, 0.3) is 10.9 Å². The first-order valence-electron chi connectivity index (χ1n) is 7.47. The molecule has 3 rings (SSSR count). The van der Waals surface area contributed by atoms with Gasteiger partial charge in [0, 0.05) is 22.7 Å². The topological polar surface area (TPSA) is 72.0 Å². The predicted octanol–water partition coefficient (Wildman–Crippen LogP) is 3.59. The monoisotopic (exact) mass is 423 g/mol. The van der Waals surface area contributed by atoms with Crippen LogP contribution in [0.15, 0.2) is 52.1 Å². The quantitative estimate of drug-likeness (QED) is 0.678. The maximum atomic E-state index is 13.8. The third-order valence-electron chi connectivity index (χ3n) is 3.73. The van der Waals surface area contributed by atoms with E-state index in [1.54, 1.807) is 24.3 Å². The van der Waals surface area contributed by atoms with Crippen LogP contribution in [-0.4, -0.2) is 31.2 Å². The second kappa shape index (κ2) is 7.05. The number of fused-ring (bicyclic) bond motifs is 1. The second-order valence-electron chi connectivity index (χ2n) is 5.59. The molecule has 0 amide bonds. The molecule has 2 aromatic carbocycles. The summed E-state index contributed by atoms with van der Waals surface area (Å²) in [5, 5.41) is 3.74. The predicted molar refractivity (Wildman–Crippen MR) is 98.9 cm³/mol. The van der Waals surface area contributed by atoms with Gasteiger partial charge in [-0.1, -0.05) is 15.9 Å². The normalized spacial score (nSPS) is 11.6. The van der Waals surface area contributed by atoms with Gasteiger partial charge in [0.2, 0.25) is 0 Å². The average Bonchev–Trinajstić information content (AvgIpc) is 2.57. The van der Waals surface area contributed by atoms with E-state index in [0.29, 0.717) is 35.2 Å². The van der Waals surface area contributed by atoms with Gasteiger partial charge in [-0.2, -0.15) is 0 Å². The molecule has 8 heteroatoms. The Morgan fingerprint density at radius 2 is 1.96 bits per heavy atom. The highest BCUT2D eigenvalue weighted by atomic mass is 79.9. The van der Waals surface area contributed by atoms with Crippen LogP contribution in [0.1, 0.15) is 5.56 Å². The summed E-state index contributed by atoms with van der Waals surface area (Å²) in [7, 11) is -3.32. The van der Waals surface area contributed by atoms with Gasteiger partial charge in [-0.25, -0.2) is 22.8 Å². The van der Waals surface area contributed by atoms with Gasteiger partial charge in [-0.15, -0.1) is 0 Å². The average molecular weight is 424 g/mol. The number of anilines is 1. The number of nitrogens with zero attached hydrogens (tertiary/aromatic N) is 2. The van der Waals surface area contributed by atoms with Crippen molar-refractivity contribution in [3.05, 3.63) is 58.6 Å². The number of hydrogen-bond donors (Lipinski definition) is 1. The molecule has 1 N–H and O–H groups in total. The number of rotatable bonds is 5. The molecular weight excluding hydrogens is 409 g/mol. The van der Waals surface area contributed by atoms with Crippen LogP contribution in [0.5, 0.6) is 0 Å². The van der Waals surface area contributed by atoms with Crippen molar-refractivity contribution in [1.29, 1.82) is 0 Å². The zero-order valence-electron chi connectivity index (χ0n) is 13.3. The molecule has 0 aliphatic carbocycles. The molecule has 0 aliphatic rings. The van der Waals surface area contributed by atoms with E-state index in [2.05, 4.69) is 31.2 Å². The largest absolute Gasteiger partial charge is 0.369 e. The zero-order chi connectivity index (χ0) is 18.0. The minimum Gasteiger partial charge on any atom is -0.369 e. The van der Waals surface area contributed by atoms with Crippen molar-refractivity contribution < 1.29 is 12.8 Å². The molecule has 0 fully saturated rings. The summed E-state index contributed by atoms with van der Waals surface area (Å²) in [4.78, 5) is 8.53. The van der Waals surface area contributed by atoms with Crippen LogP contribution in [0.3, 0.4) is 0 Å². The van der Waals surface area contributed by atoms with Crippen LogP contribution in [0.2, 0.25) is 0 Å². The van der Waals surface area contributed by atoms with E-state index >= 15 is 0 Å². The summed E-state index contributed by atoms with van der Waals surface area (Å²) in [5.74, 6) is 0.253. The Labute approximate surface area is 153 Å². The summed E-state index contributed by atoms with van der Waals surface area (Å²) in [6, 6.07) is 9.51. The summed E-state index contributed by atoms with van der Waals surface area (Å²) < 4.78 is 38.1. The fourth-order valence-electron chi connectivity index (χ4n) is 2.46. The fraction of sp³-hybridized carbons (Fsp3) is 0.176. The first-order valence-corrected chi connectivity index (χ1v) is 10.2. The molecule has 0 radical (unpaired) electrons. The molecule has 0 saturated carbocycles. The molecule has 0 bridgehead atoms. The zero-order valence-corrected chi connectivity index (χ0v) is 15.7. The fourth-order valence-corrected chi connectivity index (χ4v) is 3.51.